The average molecular weight is 479 g/mol. The fourth-order valence-corrected chi connectivity index (χ4v) is 5.17. The van der Waals surface area contributed by atoms with Gasteiger partial charge in [-0.1, -0.05) is 75.3 Å². The molecule has 0 aliphatic carbocycles. The maximum atomic E-state index is 13.0. The quantitative estimate of drug-likeness (QED) is 0.414. The largest absolute Gasteiger partial charge is 0.378 e. The number of rotatable bonds is 11. The first-order valence-corrected chi connectivity index (χ1v) is 13.7. The molecule has 0 bridgehead atoms. The van der Waals surface area contributed by atoms with E-state index in [4.69, 9.17) is 14.7 Å². The van der Waals surface area contributed by atoms with E-state index in [0.29, 0.717) is 26.2 Å². The Hall–Kier alpha value is -2.47. The molecule has 1 amide bonds. The van der Waals surface area contributed by atoms with Gasteiger partial charge < -0.3 is 14.5 Å². The SMILES string of the molecule is CCCCCCCCCC(=O)N1CCc2nc(Cc3cccc(C)c3)nc(N3CCOCC3)c2C1. The molecule has 3 heterocycles. The third-order valence-corrected chi connectivity index (χ3v) is 7.19. The summed E-state index contributed by atoms with van der Waals surface area (Å²) in [6.07, 6.45) is 10.8. The molecular formula is C29H42N4O2. The van der Waals surface area contributed by atoms with Crippen LogP contribution in [0.1, 0.15) is 86.5 Å². The van der Waals surface area contributed by atoms with Crippen molar-refractivity contribution in [2.75, 3.05) is 37.7 Å². The van der Waals surface area contributed by atoms with Crippen molar-refractivity contribution in [2.24, 2.45) is 0 Å². The number of nitrogens with zero attached hydrogens (tertiary/aromatic N) is 4. The maximum absolute atomic E-state index is 13.0. The number of unbranched alkanes of at least 4 members (excludes halogenated alkanes) is 6. The van der Waals surface area contributed by atoms with Crippen LogP contribution in [0.4, 0.5) is 5.82 Å². The van der Waals surface area contributed by atoms with Crippen molar-refractivity contribution < 1.29 is 9.53 Å². The van der Waals surface area contributed by atoms with Crippen molar-refractivity contribution >= 4 is 11.7 Å². The van der Waals surface area contributed by atoms with Crippen molar-refractivity contribution in [3.63, 3.8) is 0 Å². The van der Waals surface area contributed by atoms with Crippen LogP contribution in [0, 0.1) is 6.92 Å². The van der Waals surface area contributed by atoms with Gasteiger partial charge in [0, 0.05) is 44.5 Å². The van der Waals surface area contributed by atoms with Crippen molar-refractivity contribution in [2.45, 2.75) is 84.6 Å². The highest BCUT2D eigenvalue weighted by molar-refractivity contribution is 5.76. The van der Waals surface area contributed by atoms with Gasteiger partial charge in [0.05, 0.1) is 25.5 Å². The molecule has 1 saturated heterocycles. The molecule has 1 aromatic heterocycles. The fraction of sp³-hybridized carbons (Fsp3) is 0.621. The third kappa shape index (κ3) is 7.26. The summed E-state index contributed by atoms with van der Waals surface area (Å²) in [4.78, 5) is 27.4. The summed E-state index contributed by atoms with van der Waals surface area (Å²) in [6.45, 7) is 8.84. The molecule has 35 heavy (non-hydrogen) atoms. The zero-order chi connectivity index (χ0) is 24.5. The topological polar surface area (TPSA) is 58.6 Å². The summed E-state index contributed by atoms with van der Waals surface area (Å²) in [6, 6.07) is 8.57. The molecule has 1 fully saturated rings. The van der Waals surface area contributed by atoms with Gasteiger partial charge in [-0.15, -0.1) is 0 Å². The summed E-state index contributed by atoms with van der Waals surface area (Å²) in [7, 11) is 0. The summed E-state index contributed by atoms with van der Waals surface area (Å²) >= 11 is 0. The lowest BCUT2D eigenvalue weighted by Gasteiger charge is -2.34. The highest BCUT2D eigenvalue weighted by Crippen LogP contribution is 2.28. The monoisotopic (exact) mass is 478 g/mol. The molecule has 2 aromatic rings. The number of hydrogen-bond acceptors (Lipinski definition) is 5. The Morgan fingerprint density at radius 2 is 1.77 bits per heavy atom. The van der Waals surface area contributed by atoms with E-state index in [9.17, 15) is 4.79 Å². The Morgan fingerprint density at radius 1 is 1.00 bits per heavy atom. The smallest absolute Gasteiger partial charge is 0.222 e. The zero-order valence-corrected chi connectivity index (χ0v) is 21.7. The summed E-state index contributed by atoms with van der Waals surface area (Å²) in [5, 5.41) is 0. The Kier molecular flexibility index (Phi) is 9.52. The molecule has 2 aliphatic rings. The molecule has 6 nitrogen and oxygen atoms in total. The number of hydrogen-bond donors (Lipinski definition) is 0. The molecule has 0 radical (unpaired) electrons. The molecule has 0 spiro atoms. The van der Waals surface area contributed by atoms with Gasteiger partial charge in [0.25, 0.3) is 0 Å². The number of anilines is 1. The van der Waals surface area contributed by atoms with Crippen LogP contribution in [-0.2, 0) is 28.9 Å². The maximum Gasteiger partial charge on any atom is 0.222 e. The Balaban J connectivity index is 1.44. The number of aromatic nitrogens is 2. The number of aryl methyl sites for hydroxylation is 1. The van der Waals surface area contributed by atoms with E-state index in [-0.39, 0.29) is 5.91 Å². The Morgan fingerprint density at radius 3 is 2.54 bits per heavy atom. The van der Waals surface area contributed by atoms with Crippen LogP contribution in [0.15, 0.2) is 24.3 Å². The van der Waals surface area contributed by atoms with Crippen molar-refractivity contribution in [3.8, 4) is 0 Å². The normalized spacial score (nSPS) is 15.8. The van der Waals surface area contributed by atoms with Crippen molar-refractivity contribution in [1.82, 2.24) is 14.9 Å². The van der Waals surface area contributed by atoms with E-state index in [1.807, 2.05) is 4.90 Å². The summed E-state index contributed by atoms with van der Waals surface area (Å²) in [5.41, 5.74) is 4.74. The van der Waals surface area contributed by atoms with Crippen molar-refractivity contribution in [1.29, 1.82) is 0 Å². The molecule has 0 N–H and O–H groups in total. The van der Waals surface area contributed by atoms with Gasteiger partial charge >= 0.3 is 0 Å². The number of benzene rings is 1. The highest BCUT2D eigenvalue weighted by atomic mass is 16.5. The van der Waals surface area contributed by atoms with E-state index in [1.165, 1.54) is 43.2 Å². The summed E-state index contributed by atoms with van der Waals surface area (Å²) in [5.74, 6) is 2.16. The second kappa shape index (κ2) is 13.0. The molecule has 2 aliphatic heterocycles. The van der Waals surface area contributed by atoms with Crippen LogP contribution >= 0.6 is 0 Å². The molecule has 0 saturated carbocycles. The van der Waals surface area contributed by atoms with E-state index in [2.05, 4.69) is 43.0 Å². The highest BCUT2D eigenvalue weighted by Gasteiger charge is 2.28. The van der Waals surface area contributed by atoms with Gasteiger partial charge in [-0.25, -0.2) is 9.97 Å². The lowest BCUT2D eigenvalue weighted by atomic mass is 10.0. The number of carbonyl (C=O) groups is 1. The molecule has 1 aromatic carbocycles. The molecular weight excluding hydrogens is 436 g/mol. The molecule has 0 atom stereocenters. The van der Waals surface area contributed by atoms with Gasteiger partial charge in [0.1, 0.15) is 11.6 Å². The standard InChI is InChI=1S/C29H42N4O2/c1-3-4-5-6-7-8-9-13-28(34)33-15-14-26-25(22-33)29(32-16-18-35-19-17-32)31-27(30-26)21-24-12-10-11-23(2)20-24/h10-12,20H,3-9,13-19,21-22H2,1-2H3. The molecule has 0 unspecified atom stereocenters. The zero-order valence-electron chi connectivity index (χ0n) is 21.7. The fourth-order valence-electron chi connectivity index (χ4n) is 5.17. The van der Waals surface area contributed by atoms with E-state index in [0.717, 1.165) is 68.2 Å². The lowest BCUT2D eigenvalue weighted by Crippen LogP contribution is -2.41. The molecule has 4 rings (SSSR count). The van der Waals surface area contributed by atoms with Crippen LogP contribution < -0.4 is 4.90 Å². The third-order valence-electron chi connectivity index (χ3n) is 7.19. The van der Waals surface area contributed by atoms with Crippen LogP contribution in [0.25, 0.3) is 0 Å². The van der Waals surface area contributed by atoms with Crippen LogP contribution in [0.2, 0.25) is 0 Å². The molecule has 190 valence electrons. The van der Waals surface area contributed by atoms with Gasteiger partial charge in [-0.05, 0) is 18.9 Å². The van der Waals surface area contributed by atoms with Crippen LogP contribution in [0.5, 0.6) is 0 Å². The lowest BCUT2D eigenvalue weighted by molar-refractivity contribution is -0.132. The van der Waals surface area contributed by atoms with Gasteiger partial charge in [-0.2, -0.15) is 0 Å². The number of morpholine rings is 1. The van der Waals surface area contributed by atoms with E-state index >= 15 is 0 Å². The van der Waals surface area contributed by atoms with E-state index < -0.39 is 0 Å². The number of carbonyl (C=O) groups excluding carboxylic acids is 1. The average Bonchev–Trinajstić information content (AvgIpc) is 2.88. The van der Waals surface area contributed by atoms with Crippen LogP contribution in [-0.4, -0.2) is 53.6 Å². The first-order valence-electron chi connectivity index (χ1n) is 13.7. The van der Waals surface area contributed by atoms with Crippen LogP contribution in [0.3, 0.4) is 0 Å². The van der Waals surface area contributed by atoms with E-state index in [1.54, 1.807) is 0 Å². The second-order valence-corrected chi connectivity index (χ2v) is 10.1. The first kappa shape index (κ1) is 25.6. The number of ether oxygens (including phenoxy) is 1. The van der Waals surface area contributed by atoms with Gasteiger partial charge in [0.2, 0.25) is 5.91 Å². The van der Waals surface area contributed by atoms with Gasteiger partial charge in [-0.3, -0.25) is 4.79 Å². The molecule has 6 heteroatoms. The van der Waals surface area contributed by atoms with Crippen molar-refractivity contribution in [3.05, 3.63) is 52.5 Å². The van der Waals surface area contributed by atoms with Gasteiger partial charge in [0.15, 0.2) is 0 Å². The minimum atomic E-state index is 0.279. The number of amides is 1. The number of fused-ring (bicyclic) bond motifs is 1. The predicted octanol–water partition coefficient (Wildman–Crippen LogP) is 5.24. The minimum absolute atomic E-state index is 0.279. The first-order chi connectivity index (χ1) is 17.1. The predicted molar refractivity (Wildman–Crippen MR) is 141 cm³/mol. The summed E-state index contributed by atoms with van der Waals surface area (Å²) < 4.78 is 5.60. The Bertz CT molecular complexity index is 971. The second-order valence-electron chi connectivity index (χ2n) is 10.1. The minimum Gasteiger partial charge on any atom is -0.378 e. The Labute approximate surface area is 211 Å².